The average Bonchev–Trinajstić information content (AvgIpc) is 2.37. The highest BCUT2D eigenvalue weighted by Crippen LogP contribution is 2.04. The second-order valence-electron chi connectivity index (χ2n) is 3.51. The van der Waals surface area contributed by atoms with Gasteiger partial charge in [0.25, 0.3) is 0 Å². The number of rotatable bonds is 7. The molecule has 0 atom stereocenters. The summed E-state index contributed by atoms with van der Waals surface area (Å²) in [7, 11) is 1.50. The number of nitrogens with one attached hydrogen (secondary N) is 1. The lowest BCUT2D eigenvalue weighted by atomic mass is 10.2. The molecule has 1 heterocycles. The Morgan fingerprint density at radius 3 is 2.76 bits per heavy atom. The third-order valence-electron chi connectivity index (χ3n) is 2.16. The lowest BCUT2D eigenvalue weighted by Gasteiger charge is -2.04. The molecule has 0 aliphatic heterocycles. The number of carbonyl (C=O) groups is 1. The molecular weight excluding hydrogens is 222 g/mol. The van der Waals surface area contributed by atoms with Gasteiger partial charge < -0.3 is 15.2 Å². The largest absolute Gasteiger partial charge is 0.467 e. The van der Waals surface area contributed by atoms with Gasteiger partial charge in [-0.25, -0.2) is 9.97 Å². The van der Waals surface area contributed by atoms with E-state index in [9.17, 15) is 4.79 Å². The van der Waals surface area contributed by atoms with Crippen molar-refractivity contribution in [3.05, 3.63) is 18.0 Å². The third-order valence-corrected chi connectivity index (χ3v) is 2.16. The Bertz CT molecular complexity index is 340. The minimum Gasteiger partial charge on any atom is -0.467 e. The first kappa shape index (κ1) is 13.4. The van der Waals surface area contributed by atoms with Crippen molar-refractivity contribution >= 4 is 5.91 Å². The summed E-state index contributed by atoms with van der Waals surface area (Å²) < 4.78 is 4.84. The molecule has 6 heteroatoms. The van der Waals surface area contributed by atoms with Gasteiger partial charge in [0.05, 0.1) is 7.11 Å². The Morgan fingerprint density at radius 1 is 1.47 bits per heavy atom. The zero-order valence-electron chi connectivity index (χ0n) is 9.85. The van der Waals surface area contributed by atoms with E-state index in [0.717, 1.165) is 5.56 Å². The lowest BCUT2D eigenvalue weighted by Crippen LogP contribution is -2.25. The molecular formula is C11H17N3O3. The lowest BCUT2D eigenvalue weighted by molar-refractivity contribution is -0.121. The molecule has 0 spiro atoms. The maximum Gasteiger partial charge on any atom is 0.316 e. The minimum atomic E-state index is -0.0331. The summed E-state index contributed by atoms with van der Waals surface area (Å²) in [5.74, 6) is -0.0331. The Hall–Kier alpha value is -1.69. The van der Waals surface area contributed by atoms with E-state index < -0.39 is 0 Å². The first-order chi connectivity index (χ1) is 8.26. The molecule has 0 saturated carbocycles. The van der Waals surface area contributed by atoms with Crippen LogP contribution in [0.15, 0.2) is 12.4 Å². The summed E-state index contributed by atoms with van der Waals surface area (Å²) in [6.45, 7) is 0.598. The predicted octanol–water partition coefficient (Wildman–Crippen LogP) is -0.0836. The highest BCUT2D eigenvalue weighted by Gasteiger charge is 2.02. The molecule has 1 rings (SSSR count). The van der Waals surface area contributed by atoms with Crippen LogP contribution in [0.5, 0.6) is 6.01 Å². The molecule has 0 bridgehead atoms. The molecule has 1 aromatic rings. The van der Waals surface area contributed by atoms with Gasteiger partial charge in [0.2, 0.25) is 5.91 Å². The molecule has 0 saturated heterocycles. The zero-order chi connectivity index (χ0) is 12.5. The molecule has 2 N–H and O–H groups in total. The quantitative estimate of drug-likeness (QED) is 0.650. The van der Waals surface area contributed by atoms with Crippen molar-refractivity contribution in [1.82, 2.24) is 15.3 Å². The van der Waals surface area contributed by atoms with Crippen LogP contribution in [0.2, 0.25) is 0 Å². The fourth-order valence-electron chi connectivity index (χ4n) is 1.23. The van der Waals surface area contributed by atoms with E-state index in [1.54, 1.807) is 12.4 Å². The van der Waals surface area contributed by atoms with Crippen LogP contribution in [-0.2, 0) is 11.2 Å². The van der Waals surface area contributed by atoms with Gasteiger partial charge in [0, 0.05) is 32.0 Å². The minimum absolute atomic E-state index is 0.0331. The van der Waals surface area contributed by atoms with E-state index in [4.69, 9.17) is 9.84 Å². The molecule has 0 aliphatic rings. The maximum absolute atomic E-state index is 11.4. The van der Waals surface area contributed by atoms with Crippen molar-refractivity contribution < 1.29 is 14.6 Å². The van der Waals surface area contributed by atoms with Crippen molar-refractivity contribution in [2.45, 2.75) is 19.3 Å². The molecule has 0 aromatic carbocycles. The number of aromatic nitrogens is 2. The fourth-order valence-corrected chi connectivity index (χ4v) is 1.23. The van der Waals surface area contributed by atoms with E-state index in [2.05, 4.69) is 15.3 Å². The number of amides is 1. The number of methoxy groups -OCH3 is 1. The van der Waals surface area contributed by atoms with Gasteiger partial charge in [0.15, 0.2) is 0 Å². The van der Waals surface area contributed by atoms with Gasteiger partial charge in [-0.15, -0.1) is 0 Å². The third kappa shape index (κ3) is 5.26. The molecule has 0 fully saturated rings. The molecule has 0 unspecified atom stereocenters. The van der Waals surface area contributed by atoms with Crippen LogP contribution in [0.25, 0.3) is 0 Å². The van der Waals surface area contributed by atoms with Crippen LogP contribution < -0.4 is 10.1 Å². The summed E-state index contributed by atoms with van der Waals surface area (Å²) in [5, 5.41) is 11.3. The molecule has 1 amide bonds. The van der Waals surface area contributed by atoms with Crippen LogP contribution >= 0.6 is 0 Å². The molecule has 94 valence electrons. The van der Waals surface area contributed by atoms with E-state index in [0.29, 0.717) is 31.8 Å². The van der Waals surface area contributed by atoms with Crippen LogP contribution in [0, 0.1) is 0 Å². The number of hydrogen-bond acceptors (Lipinski definition) is 5. The normalized spacial score (nSPS) is 10.0. The Morgan fingerprint density at radius 2 is 2.18 bits per heavy atom. The van der Waals surface area contributed by atoms with Crippen LogP contribution in [0.4, 0.5) is 0 Å². The number of aryl methyl sites for hydroxylation is 1. The van der Waals surface area contributed by atoms with Crippen molar-refractivity contribution in [1.29, 1.82) is 0 Å². The summed E-state index contributed by atoms with van der Waals surface area (Å²) >= 11 is 0. The van der Waals surface area contributed by atoms with Gasteiger partial charge in [0.1, 0.15) is 0 Å². The summed E-state index contributed by atoms with van der Waals surface area (Å²) in [6.07, 6.45) is 4.85. The molecule has 17 heavy (non-hydrogen) atoms. The molecule has 0 radical (unpaired) electrons. The standard InChI is InChI=1S/C11H17N3O3/c1-17-11-13-7-9(8-14-11)3-4-10(16)12-5-2-6-15/h7-8,15H,2-6H2,1H3,(H,12,16). The number of aliphatic hydroxyl groups excluding tert-OH is 1. The predicted molar refractivity (Wildman–Crippen MR) is 61.6 cm³/mol. The zero-order valence-corrected chi connectivity index (χ0v) is 9.85. The van der Waals surface area contributed by atoms with E-state index in [-0.39, 0.29) is 12.5 Å². The van der Waals surface area contributed by atoms with Gasteiger partial charge in [-0.05, 0) is 18.4 Å². The topological polar surface area (TPSA) is 84.3 Å². The number of carbonyl (C=O) groups excluding carboxylic acids is 1. The maximum atomic E-state index is 11.4. The molecule has 0 aliphatic carbocycles. The van der Waals surface area contributed by atoms with Gasteiger partial charge >= 0.3 is 6.01 Å². The molecule has 1 aromatic heterocycles. The Balaban J connectivity index is 2.27. The summed E-state index contributed by atoms with van der Waals surface area (Å²) in [5.41, 5.74) is 0.892. The van der Waals surface area contributed by atoms with E-state index >= 15 is 0 Å². The smallest absolute Gasteiger partial charge is 0.316 e. The second-order valence-corrected chi connectivity index (χ2v) is 3.51. The number of aliphatic hydroxyl groups is 1. The van der Waals surface area contributed by atoms with Gasteiger partial charge in [-0.2, -0.15) is 0 Å². The first-order valence-corrected chi connectivity index (χ1v) is 5.48. The van der Waals surface area contributed by atoms with E-state index in [1.807, 2.05) is 0 Å². The monoisotopic (exact) mass is 239 g/mol. The Kier molecular flexibility index (Phi) is 5.95. The highest BCUT2D eigenvalue weighted by molar-refractivity contribution is 5.76. The molecule has 6 nitrogen and oxygen atoms in total. The van der Waals surface area contributed by atoms with Crippen molar-refractivity contribution in [3.8, 4) is 6.01 Å². The fraction of sp³-hybridized carbons (Fsp3) is 0.545. The SMILES string of the molecule is COc1ncc(CCC(=O)NCCCO)cn1. The van der Waals surface area contributed by atoms with Gasteiger partial charge in [-0.1, -0.05) is 0 Å². The van der Waals surface area contributed by atoms with Crippen molar-refractivity contribution in [3.63, 3.8) is 0 Å². The number of hydrogen-bond donors (Lipinski definition) is 2. The van der Waals surface area contributed by atoms with Crippen molar-refractivity contribution in [2.75, 3.05) is 20.3 Å². The first-order valence-electron chi connectivity index (χ1n) is 5.48. The van der Waals surface area contributed by atoms with Gasteiger partial charge in [-0.3, -0.25) is 4.79 Å². The van der Waals surface area contributed by atoms with Crippen LogP contribution in [-0.4, -0.2) is 41.2 Å². The number of ether oxygens (including phenoxy) is 1. The summed E-state index contributed by atoms with van der Waals surface area (Å²) in [6, 6.07) is 0.321. The Labute approximate surface area is 100 Å². The van der Waals surface area contributed by atoms with Crippen molar-refractivity contribution in [2.24, 2.45) is 0 Å². The highest BCUT2D eigenvalue weighted by atomic mass is 16.5. The average molecular weight is 239 g/mol. The number of nitrogens with zero attached hydrogens (tertiary/aromatic N) is 2. The summed E-state index contributed by atoms with van der Waals surface area (Å²) in [4.78, 5) is 19.3. The van der Waals surface area contributed by atoms with Crippen LogP contribution in [0.3, 0.4) is 0 Å². The van der Waals surface area contributed by atoms with E-state index in [1.165, 1.54) is 7.11 Å². The van der Waals surface area contributed by atoms with Crippen LogP contribution in [0.1, 0.15) is 18.4 Å². The second kappa shape index (κ2) is 7.56.